The molecule has 2 heterocycles. The van der Waals surface area contributed by atoms with Crippen LogP contribution in [0.25, 0.3) is 16.7 Å². The Bertz CT molecular complexity index is 1010. The number of nitrogens with zero attached hydrogens (tertiary/aromatic N) is 2. The Morgan fingerprint density at radius 2 is 1.81 bits per heavy atom. The standard InChI is InChI=1S/C21H20N2O3/c24-20(12-15-23-18-8-4-5-9-19(18)26-21(23)25)22-13-10-17(11-14-22)16-6-2-1-3-7-16/h1-10H,11-15H2. The Labute approximate surface area is 151 Å². The largest absolute Gasteiger partial charge is 0.419 e. The number of carbonyl (C=O) groups excluding carboxylic acids is 1. The molecule has 3 aromatic rings. The number of aryl methyl sites for hydroxylation is 1. The molecular weight excluding hydrogens is 328 g/mol. The number of amides is 1. The fourth-order valence-corrected chi connectivity index (χ4v) is 3.40. The van der Waals surface area contributed by atoms with Crippen LogP contribution in [0.3, 0.4) is 0 Å². The minimum absolute atomic E-state index is 0.0607. The summed E-state index contributed by atoms with van der Waals surface area (Å²) in [4.78, 5) is 26.4. The third kappa shape index (κ3) is 3.20. The van der Waals surface area contributed by atoms with Crippen molar-refractivity contribution in [2.75, 3.05) is 13.1 Å². The summed E-state index contributed by atoms with van der Waals surface area (Å²) >= 11 is 0. The van der Waals surface area contributed by atoms with Crippen LogP contribution in [0.1, 0.15) is 18.4 Å². The van der Waals surface area contributed by atoms with Gasteiger partial charge in [-0.05, 0) is 29.7 Å². The van der Waals surface area contributed by atoms with E-state index >= 15 is 0 Å². The summed E-state index contributed by atoms with van der Waals surface area (Å²) in [6.07, 6.45) is 3.26. The number of fused-ring (bicyclic) bond motifs is 1. The molecule has 1 amide bonds. The van der Waals surface area contributed by atoms with E-state index < -0.39 is 5.76 Å². The van der Waals surface area contributed by atoms with Crippen LogP contribution in [0, 0.1) is 0 Å². The Hall–Kier alpha value is -3.08. The lowest BCUT2D eigenvalue weighted by atomic mass is 9.99. The van der Waals surface area contributed by atoms with Gasteiger partial charge in [-0.15, -0.1) is 0 Å². The molecule has 4 rings (SSSR count). The summed E-state index contributed by atoms with van der Waals surface area (Å²) in [7, 11) is 0. The Morgan fingerprint density at radius 3 is 2.58 bits per heavy atom. The van der Waals surface area contributed by atoms with Crippen molar-refractivity contribution in [1.82, 2.24) is 9.47 Å². The number of rotatable bonds is 4. The van der Waals surface area contributed by atoms with Crippen LogP contribution < -0.4 is 5.76 Å². The molecule has 1 aromatic heterocycles. The average Bonchev–Trinajstić information content (AvgIpc) is 3.02. The second-order valence-corrected chi connectivity index (χ2v) is 6.42. The monoisotopic (exact) mass is 348 g/mol. The first kappa shape index (κ1) is 16.4. The highest BCUT2D eigenvalue weighted by atomic mass is 16.4. The van der Waals surface area contributed by atoms with Gasteiger partial charge in [0.25, 0.3) is 0 Å². The van der Waals surface area contributed by atoms with Gasteiger partial charge in [-0.3, -0.25) is 9.36 Å². The SMILES string of the molecule is O=C(CCn1c(=O)oc2ccccc21)N1CC=C(c2ccccc2)CC1. The molecule has 2 aromatic carbocycles. The summed E-state index contributed by atoms with van der Waals surface area (Å²) in [5.41, 5.74) is 3.79. The molecule has 26 heavy (non-hydrogen) atoms. The number of hydrogen-bond acceptors (Lipinski definition) is 3. The van der Waals surface area contributed by atoms with Crippen LogP contribution >= 0.6 is 0 Å². The molecule has 0 saturated carbocycles. The van der Waals surface area contributed by atoms with Gasteiger partial charge in [0.2, 0.25) is 5.91 Å². The average molecular weight is 348 g/mol. The van der Waals surface area contributed by atoms with Gasteiger partial charge in [-0.25, -0.2) is 4.79 Å². The zero-order valence-corrected chi connectivity index (χ0v) is 14.4. The molecule has 0 bridgehead atoms. The number of carbonyl (C=O) groups is 1. The fourth-order valence-electron chi connectivity index (χ4n) is 3.40. The highest BCUT2D eigenvalue weighted by molar-refractivity contribution is 5.79. The maximum absolute atomic E-state index is 12.5. The van der Waals surface area contributed by atoms with Crippen molar-refractivity contribution in [2.45, 2.75) is 19.4 Å². The van der Waals surface area contributed by atoms with E-state index in [1.807, 2.05) is 41.3 Å². The molecule has 0 aliphatic carbocycles. The van der Waals surface area contributed by atoms with E-state index in [1.54, 1.807) is 6.07 Å². The zero-order valence-electron chi connectivity index (χ0n) is 14.4. The number of benzene rings is 2. The summed E-state index contributed by atoms with van der Waals surface area (Å²) in [5, 5.41) is 0. The molecule has 5 heteroatoms. The minimum atomic E-state index is -0.413. The van der Waals surface area contributed by atoms with E-state index in [1.165, 1.54) is 15.7 Å². The van der Waals surface area contributed by atoms with Gasteiger partial charge >= 0.3 is 5.76 Å². The molecule has 0 N–H and O–H groups in total. The highest BCUT2D eigenvalue weighted by Crippen LogP contribution is 2.22. The van der Waals surface area contributed by atoms with Crippen molar-refractivity contribution in [3.63, 3.8) is 0 Å². The van der Waals surface area contributed by atoms with Crippen molar-refractivity contribution in [3.05, 3.63) is 76.8 Å². The lowest BCUT2D eigenvalue weighted by Crippen LogP contribution is -2.35. The van der Waals surface area contributed by atoms with Crippen molar-refractivity contribution >= 4 is 22.6 Å². The molecule has 0 unspecified atom stereocenters. The smallest absolute Gasteiger partial charge is 0.408 e. The quantitative estimate of drug-likeness (QED) is 0.727. The van der Waals surface area contributed by atoms with E-state index in [0.29, 0.717) is 25.2 Å². The van der Waals surface area contributed by atoms with E-state index in [4.69, 9.17) is 4.42 Å². The van der Waals surface area contributed by atoms with Gasteiger partial charge in [0, 0.05) is 26.1 Å². The summed E-state index contributed by atoms with van der Waals surface area (Å²) < 4.78 is 6.74. The first-order valence-electron chi connectivity index (χ1n) is 8.83. The lowest BCUT2D eigenvalue weighted by molar-refractivity contribution is -0.131. The number of oxazole rings is 1. The van der Waals surface area contributed by atoms with Crippen LogP contribution in [-0.4, -0.2) is 28.5 Å². The van der Waals surface area contributed by atoms with Gasteiger partial charge in [-0.2, -0.15) is 0 Å². The van der Waals surface area contributed by atoms with Gasteiger partial charge in [0.15, 0.2) is 5.58 Å². The molecule has 0 fully saturated rings. The second-order valence-electron chi connectivity index (χ2n) is 6.42. The van der Waals surface area contributed by atoms with Crippen molar-refractivity contribution in [2.24, 2.45) is 0 Å². The van der Waals surface area contributed by atoms with E-state index in [0.717, 1.165) is 11.9 Å². The van der Waals surface area contributed by atoms with E-state index in [9.17, 15) is 9.59 Å². The topological polar surface area (TPSA) is 55.5 Å². The minimum Gasteiger partial charge on any atom is -0.408 e. The third-order valence-electron chi connectivity index (χ3n) is 4.83. The van der Waals surface area contributed by atoms with Gasteiger partial charge in [-0.1, -0.05) is 48.5 Å². The molecule has 1 aliphatic heterocycles. The maximum atomic E-state index is 12.5. The normalized spacial score (nSPS) is 14.5. The Kier molecular flexibility index (Phi) is 4.44. The molecule has 0 spiro atoms. The maximum Gasteiger partial charge on any atom is 0.419 e. The molecule has 0 radical (unpaired) electrons. The predicted octanol–water partition coefficient (Wildman–Crippen LogP) is 3.30. The van der Waals surface area contributed by atoms with Crippen molar-refractivity contribution in [1.29, 1.82) is 0 Å². The summed E-state index contributed by atoms with van der Waals surface area (Å²) in [6, 6.07) is 17.5. The molecule has 5 nitrogen and oxygen atoms in total. The second kappa shape index (κ2) is 7.04. The fraction of sp³-hybridized carbons (Fsp3) is 0.238. The van der Waals surface area contributed by atoms with Crippen LogP contribution in [0.5, 0.6) is 0 Å². The predicted molar refractivity (Wildman–Crippen MR) is 101 cm³/mol. The van der Waals surface area contributed by atoms with E-state index in [2.05, 4.69) is 18.2 Å². The third-order valence-corrected chi connectivity index (χ3v) is 4.83. The lowest BCUT2D eigenvalue weighted by Gasteiger charge is -2.26. The zero-order chi connectivity index (χ0) is 17.9. The molecular formula is C21H20N2O3. The molecule has 1 aliphatic rings. The first-order valence-corrected chi connectivity index (χ1v) is 8.83. The Balaban J connectivity index is 1.41. The first-order chi connectivity index (χ1) is 12.7. The van der Waals surface area contributed by atoms with Crippen LogP contribution in [-0.2, 0) is 11.3 Å². The van der Waals surface area contributed by atoms with Crippen LogP contribution in [0.2, 0.25) is 0 Å². The van der Waals surface area contributed by atoms with Crippen molar-refractivity contribution in [3.8, 4) is 0 Å². The molecule has 132 valence electrons. The van der Waals surface area contributed by atoms with Crippen molar-refractivity contribution < 1.29 is 9.21 Å². The van der Waals surface area contributed by atoms with Crippen LogP contribution in [0.4, 0.5) is 0 Å². The van der Waals surface area contributed by atoms with E-state index in [-0.39, 0.29) is 12.3 Å². The molecule has 0 saturated heterocycles. The molecule has 0 atom stereocenters. The number of hydrogen-bond donors (Lipinski definition) is 0. The number of para-hydroxylation sites is 2. The summed E-state index contributed by atoms with van der Waals surface area (Å²) in [5.74, 6) is -0.352. The van der Waals surface area contributed by atoms with Crippen LogP contribution in [0.15, 0.2) is 69.9 Å². The van der Waals surface area contributed by atoms with Gasteiger partial charge < -0.3 is 9.32 Å². The van der Waals surface area contributed by atoms with Gasteiger partial charge in [0.1, 0.15) is 0 Å². The Morgan fingerprint density at radius 1 is 1.04 bits per heavy atom. The highest BCUT2D eigenvalue weighted by Gasteiger charge is 2.18. The number of aromatic nitrogens is 1. The summed E-state index contributed by atoms with van der Waals surface area (Å²) in [6.45, 7) is 1.66. The van der Waals surface area contributed by atoms with Gasteiger partial charge in [0.05, 0.1) is 5.52 Å².